The summed E-state index contributed by atoms with van der Waals surface area (Å²) < 4.78 is 6.96. The molecule has 1 unspecified atom stereocenters. The minimum atomic E-state index is -0.445. The quantitative estimate of drug-likeness (QED) is 0.283. The molecular weight excluding hydrogens is 474 g/mol. The molecule has 1 amide bonds. The number of amides is 1. The van der Waals surface area contributed by atoms with E-state index >= 15 is 0 Å². The maximum absolute atomic E-state index is 13.9. The van der Waals surface area contributed by atoms with Crippen LogP contribution in [0.3, 0.4) is 0 Å². The van der Waals surface area contributed by atoms with Crippen molar-refractivity contribution in [1.29, 1.82) is 0 Å². The van der Waals surface area contributed by atoms with Crippen LogP contribution < -0.4 is 10.3 Å². The first-order chi connectivity index (χ1) is 17.3. The van der Waals surface area contributed by atoms with Gasteiger partial charge in [0.15, 0.2) is 0 Å². The van der Waals surface area contributed by atoms with E-state index in [4.69, 9.17) is 21.3 Å². The third kappa shape index (κ3) is 5.14. The van der Waals surface area contributed by atoms with Crippen LogP contribution in [0.5, 0.6) is 5.75 Å². The molecule has 0 spiro atoms. The largest absolute Gasteiger partial charge is 0.497 e. The fourth-order valence-corrected chi connectivity index (χ4v) is 4.55. The summed E-state index contributed by atoms with van der Waals surface area (Å²) >= 11 is 6.14. The van der Waals surface area contributed by atoms with Crippen molar-refractivity contribution in [3.63, 3.8) is 0 Å². The molecule has 6 nitrogen and oxygen atoms in total. The minimum Gasteiger partial charge on any atom is -0.497 e. The summed E-state index contributed by atoms with van der Waals surface area (Å²) in [7, 11) is 1.58. The Hall–Kier alpha value is -3.64. The van der Waals surface area contributed by atoms with Gasteiger partial charge in [-0.05, 0) is 66.9 Å². The number of nitrogens with zero attached hydrogens (tertiary/aromatic N) is 3. The van der Waals surface area contributed by atoms with E-state index in [1.807, 2.05) is 36.1 Å². The van der Waals surface area contributed by atoms with Gasteiger partial charge in [0.05, 0.1) is 29.7 Å². The Labute approximate surface area is 216 Å². The van der Waals surface area contributed by atoms with Crippen molar-refractivity contribution in [2.75, 3.05) is 13.7 Å². The van der Waals surface area contributed by atoms with Gasteiger partial charge in [-0.15, -0.1) is 0 Å². The number of para-hydroxylation sites is 1. The van der Waals surface area contributed by atoms with Gasteiger partial charge in [-0.1, -0.05) is 50.6 Å². The first-order valence-electron chi connectivity index (χ1n) is 12.1. The van der Waals surface area contributed by atoms with Gasteiger partial charge in [-0.2, -0.15) is 0 Å². The number of aromatic nitrogens is 2. The predicted molar refractivity (Wildman–Crippen MR) is 144 cm³/mol. The second-order valence-corrected chi connectivity index (χ2v) is 9.55. The van der Waals surface area contributed by atoms with Crippen LogP contribution in [0.2, 0.25) is 5.02 Å². The maximum atomic E-state index is 13.9. The van der Waals surface area contributed by atoms with Crippen LogP contribution >= 0.6 is 11.6 Å². The van der Waals surface area contributed by atoms with E-state index in [1.165, 1.54) is 0 Å². The van der Waals surface area contributed by atoms with Gasteiger partial charge in [-0.3, -0.25) is 14.2 Å². The SMILES string of the molecule is CCC(c1nc2ccccc2c(=O)n1-c1ccc(Cl)cc1)N(CC(C)C)C(=O)c1cccc(OC)c1. The molecule has 4 aromatic rings. The number of rotatable bonds is 8. The highest BCUT2D eigenvalue weighted by molar-refractivity contribution is 6.30. The normalized spacial score (nSPS) is 12.1. The molecule has 0 aliphatic heterocycles. The third-order valence-corrected chi connectivity index (χ3v) is 6.34. The Kier molecular flexibility index (Phi) is 7.75. The van der Waals surface area contributed by atoms with Crippen molar-refractivity contribution < 1.29 is 9.53 Å². The average molecular weight is 504 g/mol. The summed E-state index contributed by atoms with van der Waals surface area (Å²) in [6.07, 6.45) is 0.570. The number of hydrogen-bond acceptors (Lipinski definition) is 4. The fraction of sp³-hybridized carbons (Fsp3) is 0.276. The summed E-state index contributed by atoms with van der Waals surface area (Å²) in [5, 5.41) is 1.09. The molecule has 0 aliphatic rings. The first kappa shape index (κ1) is 25.5. The second-order valence-electron chi connectivity index (χ2n) is 9.11. The summed E-state index contributed by atoms with van der Waals surface area (Å²) in [5.41, 5.74) is 1.58. The number of methoxy groups -OCH3 is 1. The average Bonchev–Trinajstić information content (AvgIpc) is 2.89. The molecule has 4 rings (SSSR count). The fourth-order valence-electron chi connectivity index (χ4n) is 4.42. The lowest BCUT2D eigenvalue weighted by atomic mass is 10.0. The number of ether oxygens (including phenoxy) is 1. The van der Waals surface area contributed by atoms with E-state index in [9.17, 15) is 9.59 Å². The number of fused-ring (bicyclic) bond motifs is 1. The molecule has 3 aromatic carbocycles. The molecular formula is C29H30ClN3O3. The molecule has 0 saturated heterocycles. The van der Waals surface area contributed by atoms with Gasteiger partial charge in [0.1, 0.15) is 11.6 Å². The highest BCUT2D eigenvalue weighted by atomic mass is 35.5. The molecule has 7 heteroatoms. The molecule has 1 heterocycles. The van der Waals surface area contributed by atoms with E-state index < -0.39 is 6.04 Å². The maximum Gasteiger partial charge on any atom is 0.266 e. The van der Waals surface area contributed by atoms with Crippen LogP contribution in [0.1, 0.15) is 49.4 Å². The zero-order valence-corrected chi connectivity index (χ0v) is 21.7. The molecule has 0 radical (unpaired) electrons. The van der Waals surface area contributed by atoms with Gasteiger partial charge in [-0.25, -0.2) is 4.98 Å². The number of benzene rings is 3. The van der Waals surface area contributed by atoms with Crippen molar-refractivity contribution in [2.45, 2.75) is 33.2 Å². The van der Waals surface area contributed by atoms with Crippen LogP contribution in [0.15, 0.2) is 77.6 Å². The minimum absolute atomic E-state index is 0.139. The lowest BCUT2D eigenvalue weighted by Gasteiger charge is -2.33. The third-order valence-electron chi connectivity index (χ3n) is 6.09. The van der Waals surface area contributed by atoms with E-state index in [2.05, 4.69) is 13.8 Å². The Morgan fingerprint density at radius 1 is 1.06 bits per heavy atom. The topological polar surface area (TPSA) is 64.4 Å². The Bertz CT molecular complexity index is 1430. The van der Waals surface area contributed by atoms with Gasteiger partial charge < -0.3 is 9.64 Å². The first-order valence-corrected chi connectivity index (χ1v) is 12.4. The predicted octanol–water partition coefficient (Wildman–Crippen LogP) is 6.30. The van der Waals surface area contributed by atoms with Crippen molar-refractivity contribution in [2.24, 2.45) is 5.92 Å². The van der Waals surface area contributed by atoms with Gasteiger partial charge in [0, 0.05) is 17.1 Å². The molecule has 0 saturated carbocycles. The molecule has 1 atom stereocenters. The van der Waals surface area contributed by atoms with Crippen molar-refractivity contribution in [3.05, 3.63) is 99.6 Å². The van der Waals surface area contributed by atoms with Gasteiger partial charge in [0.2, 0.25) is 0 Å². The van der Waals surface area contributed by atoms with Crippen LogP contribution in [0.4, 0.5) is 0 Å². The molecule has 0 aliphatic carbocycles. The van der Waals surface area contributed by atoms with Crippen LogP contribution in [0.25, 0.3) is 16.6 Å². The zero-order valence-electron chi connectivity index (χ0n) is 20.9. The number of halogens is 1. The van der Waals surface area contributed by atoms with E-state index in [0.717, 1.165) is 0 Å². The second kappa shape index (κ2) is 11.0. The van der Waals surface area contributed by atoms with Gasteiger partial charge in [0.25, 0.3) is 11.5 Å². The van der Waals surface area contributed by atoms with E-state index in [1.54, 1.807) is 60.2 Å². The zero-order chi connectivity index (χ0) is 25.8. The Morgan fingerprint density at radius 3 is 2.44 bits per heavy atom. The number of carbonyl (C=O) groups excluding carboxylic acids is 1. The Balaban J connectivity index is 1.94. The number of carbonyl (C=O) groups is 1. The van der Waals surface area contributed by atoms with E-state index in [0.29, 0.717) is 51.7 Å². The molecule has 0 bridgehead atoms. The lowest BCUT2D eigenvalue weighted by molar-refractivity contribution is 0.0631. The smallest absolute Gasteiger partial charge is 0.266 e. The van der Waals surface area contributed by atoms with Crippen molar-refractivity contribution in [3.8, 4) is 11.4 Å². The van der Waals surface area contributed by atoms with Crippen LogP contribution in [-0.2, 0) is 0 Å². The molecule has 0 N–H and O–H groups in total. The lowest BCUT2D eigenvalue weighted by Crippen LogP contribution is -2.40. The standard InChI is InChI=1S/C29H30ClN3O3/c1-5-26(32(18-19(2)3)28(34)20-9-8-10-23(17-20)36-4)27-31-25-12-7-6-11-24(25)29(35)33(27)22-15-13-21(30)14-16-22/h6-17,19,26H,5,18H2,1-4H3. The van der Waals surface area contributed by atoms with E-state index in [-0.39, 0.29) is 17.4 Å². The number of hydrogen-bond donors (Lipinski definition) is 0. The summed E-state index contributed by atoms with van der Waals surface area (Å²) in [6, 6.07) is 21.1. The summed E-state index contributed by atoms with van der Waals surface area (Å²) in [4.78, 5) is 34.5. The molecule has 1 aromatic heterocycles. The monoisotopic (exact) mass is 503 g/mol. The highest BCUT2D eigenvalue weighted by Gasteiger charge is 2.30. The Morgan fingerprint density at radius 2 is 1.78 bits per heavy atom. The van der Waals surface area contributed by atoms with Crippen molar-refractivity contribution in [1.82, 2.24) is 14.5 Å². The highest BCUT2D eigenvalue weighted by Crippen LogP contribution is 2.29. The summed E-state index contributed by atoms with van der Waals surface area (Å²) in [6.45, 7) is 6.64. The van der Waals surface area contributed by atoms with Gasteiger partial charge >= 0.3 is 0 Å². The molecule has 0 fully saturated rings. The molecule has 186 valence electrons. The van der Waals surface area contributed by atoms with Crippen molar-refractivity contribution >= 4 is 28.4 Å². The van der Waals surface area contributed by atoms with Crippen LogP contribution in [-0.4, -0.2) is 34.0 Å². The molecule has 36 heavy (non-hydrogen) atoms. The van der Waals surface area contributed by atoms with Crippen LogP contribution in [0, 0.1) is 5.92 Å². The summed E-state index contributed by atoms with van der Waals surface area (Å²) in [5.74, 6) is 1.19.